The van der Waals surface area contributed by atoms with Crippen LogP contribution in [0.15, 0.2) is 24.3 Å². The fraction of sp³-hybridized carbons (Fsp3) is 0.389. The summed E-state index contributed by atoms with van der Waals surface area (Å²) < 4.78 is 29.9. The molecule has 1 fully saturated rings. The molecule has 1 aromatic carbocycles. The molecule has 0 aliphatic carbocycles. The van der Waals surface area contributed by atoms with Crippen LogP contribution in [0.4, 0.5) is 5.82 Å². The van der Waals surface area contributed by atoms with Gasteiger partial charge in [0.15, 0.2) is 16.4 Å². The number of rotatable bonds is 5. The summed E-state index contributed by atoms with van der Waals surface area (Å²) in [5.41, 5.74) is 1.12. The number of amides is 1. The minimum Gasteiger partial charge on any atom is -0.507 e. The first-order valence-corrected chi connectivity index (χ1v) is 10.5. The molecule has 150 valence electrons. The number of esters is 1. The highest BCUT2D eigenvalue weighted by Crippen LogP contribution is 2.27. The van der Waals surface area contributed by atoms with Gasteiger partial charge in [0.1, 0.15) is 17.1 Å². The lowest BCUT2D eigenvalue weighted by atomic mass is 10.1. The number of sulfone groups is 1. The van der Waals surface area contributed by atoms with E-state index < -0.39 is 28.3 Å². The van der Waals surface area contributed by atoms with Gasteiger partial charge in [-0.2, -0.15) is 5.10 Å². The van der Waals surface area contributed by atoms with Gasteiger partial charge in [0.05, 0.1) is 23.2 Å². The molecule has 9 nitrogen and oxygen atoms in total. The number of hydrogen-bond acceptors (Lipinski definition) is 7. The lowest BCUT2D eigenvalue weighted by molar-refractivity contribution is -0.119. The number of hydrogen-bond donors (Lipinski definition) is 2. The minimum atomic E-state index is -3.11. The fourth-order valence-electron chi connectivity index (χ4n) is 3.07. The van der Waals surface area contributed by atoms with Crippen LogP contribution < -0.4 is 5.32 Å². The van der Waals surface area contributed by atoms with Crippen molar-refractivity contribution in [2.75, 3.05) is 23.4 Å². The van der Waals surface area contributed by atoms with Gasteiger partial charge in [0.2, 0.25) is 0 Å². The second-order valence-electron chi connectivity index (χ2n) is 6.77. The molecule has 1 atom stereocenters. The maximum Gasteiger partial charge on any atom is 0.342 e. The Morgan fingerprint density at radius 2 is 2.11 bits per heavy atom. The summed E-state index contributed by atoms with van der Waals surface area (Å²) in [6.07, 6.45) is 0.425. The lowest BCUT2D eigenvalue weighted by Crippen LogP contribution is -2.24. The van der Waals surface area contributed by atoms with Crippen molar-refractivity contribution < 1.29 is 27.9 Å². The Kier molecular flexibility index (Phi) is 5.41. The molecule has 1 aromatic heterocycles. The number of carbonyl (C=O) groups excluding carboxylic acids is 2. The monoisotopic (exact) mass is 407 g/mol. The van der Waals surface area contributed by atoms with E-state index in [1.54, 1.807) is 32.0 Å². The molecular formula is C18H21N3O6S. The Labute approximate surface area is 162 Å². The molecule has 1 amide bonds. The van der Waals surface area contributed by atoms with Crippen LogP contribution in [0, 0.1) is 13.8 Å². The van der Waals surface area contributed by atoms with Gasteiger partial charge >= 0.3 is 5.97 Å². The third-order valence-electron chi connectivity index (χ3n) is 4.47. The van der Waals surface area contributed by atoms with Gasteiger partial charge in [-0.25, -0.2) is 17.9 Å². The smallest absolute Gasteiger partial charge is 0.342 e. The van der Waals surface area contributed by atoms with Crippen molar-refractivity contribution in [3.05, 3.63) is 41.1 Å². The Hall–Kier alpha value is -2.88. The van der Waals surface area contributed by atoms with E-state index in [-0.39, 0.29) is 28.9 Å². The topological polar surface area (TPSA) is 128 Å². The molecule has 0 saturated carbocycles. The third-order valence-corrected chi connectivity index (χ3v) is 6.22. The molecule has 1 aliphatic heterocycles. The van der Waals surface area contributed by atoms with Gasteiger partial charge in [-0.3, -0.25) is 4.79 Å². The molecule has 1 aliphatic rings. The highest BCUT2D eigenvalue weighted by atomic mass is 32.2. The first-order valence-electron chi connectivity index (χ1n) is 8.68. The molecule has 0 bridgehead atoms. The average Bonchev–Trinajstić information content (AvgIpc) is 3.16. The molecule has 0 unspecified atom stereocenters. The van der Waals surface area contributed by atoms with Gasteiger partial charge in [0.25, 0.3) is 5.91 Å². The number of benzene rings is 1. The zero-order chi connectivity index (χ0) is 20.5. The van der Waals surface area contributed by atoms with Crippen LogP contribution >= 0.6 is 0 Å². The van der Waals surface area contributed by atoms with Gasteiger partial charge in [-0.05, 0) is 31.9 Å². The highest BCUT2D eigenvalue weighted by molar-refractivity contribution is 7.91. The molecule has 0 spiro atoms. The van der Waals surface area contributed by atoms with Crippen molar-refractivity contribution in [1.29, 1.82) is 0 Å². The average molecular weight is 407 g/mol. The largest absolute Gasteiger partial charge is 0.507 e. The summed E-state index contributed by atoms with van der Waals surface area (Å²) in [4.78, 5) is 24.3. The zero-order valence-electron chi connectivity index (χ0n) is 15.5. The number of nitrogens with one attached hydrogen (secondary N) is 1. The number of phenols is 1. The standard InChI is InChI=1S/C18H21N3O6S/c1-11-4-3-5-14(17(11)23)18(24)27-9-16(22)19-15-8-12(2)20-21(15)13-6-7-28(25,26)10-13/h3-5,8,13,23H,6-7,9-10H2,1-2H3,(H,19,22)/t13-/m1/s1. The molecule has 28 heavy (non-hydrogen) atoms. The van der Waals surface area contributed by atoms with Crippen LogP contribution in [0.5, 0.6) is 5.75 Å². The van der Waals surface area contributed by atoms with Gasteiger partial charge < -0.3 is 15.2 Å². The number of aromatic nitrogens is 2. The van der Waals surface area contributed by atoms with E-state index in [9.17, 15) is 23.1 Å². The number of para-hydroxylation sites is 1. The van der Waals surface area contributed by atoms with E-state index in [2.05, 4.69) is 10.4 Å². The third kappa shape index (κ3) is 4.33. The Morgan fingerprint density at radius 3 is 2.79 bits per heavy atom. The molecule has 10 heteroatoms. The predicted molar refractivity (Wildman–Crippen MR) is 101 cm³/mol. The summed E-state index contributed by atoms with van der Waals surface area (Å²) in [7, 11) is -3.11. The Balaban J connectivity index is 1.64. The summed E-state index contributed by atoms with van der Waals surface area (Å²) in [5.74, 6) is -1.20. The summed E-state index contributed by atoms with van der Waals surface area (Å²) in [6.45, 7) is 2.82. The maximum absolute atomic E-state index is 12.2. The molecule has 0 radical (unpaired) electrons. The summed E-state index contributed by atoms with van der Waals surface area (Å²) >= 11 is 0. The summed E-state index contributed by atoms with van der Waals surface area (Å²) in [5, 5.41) is 16.8. The van der Waals surface area contributed by atoms with Crippen LogP contribution in [0.3, 0.4) is 0 Å². The van der Waals surface area contributed by atoms with E-state index in [1.165, 1.54) is 10.7 Å². The summed E-state index contributed by atoms with van der Waals surface area (Å²) in [6, 6.07) is 5.92. The van der Waals surface area contributed by atoms with Crippen molar-refractivity contribution in [2.24, 2.45) is 0 Å². The second-order valence-corrected chi connectivity index (χ2v) is 9.00. The van der Waals surface area contributed by atoms with Crippen molar-refractivity contribution in [2.45, 2.75) is 26.3 Å². The molecule has 2 heterocycles. The van der Waals surface area contributed by atoms with Crippen molar-refractivity contribution in [3.63, 3.8) is 0 Å². The van der Waals surface area contributed by atoms with Gasteiger partial charge in [-0.1, -0.05) is 12.1 Å². The normalized spacial score (nSPS) is 18.0. The number of ether oxygens (including phenoxy) is 1. The lowest BCUT2D eigenvalue weighted by Gasteiger charge is -2.14. The quantitative estimate of drug-likeness (QED) is 0.716. The second kappa shape index (κ2) is 7.63. The number of aryl methyl sites for hydroxylation is 2. The van der Waals surface area contributed by atoms with E-state index in [0.29, 0.717) is 23.5 Å². The SMILES string of the molecule is Cc1cc(NC(=O)COC(=O)c2cccc(C)c2O)n([C@@H]2CCS(=O)(=O)C2)n1. The highest BCUT2D eigenvalue weighted by Gasteiger charge is 2.31. The van der Waals surface area contributed by atoms with E-state index in [1.807, 2.05) is 0 Å². The van der Waals surface area contributed by atoms with Crippen molar-refractivity contribution in [3.8, 4) is 5.75 Å². The Morgan fingerprint density at radius 1 is 1.36 bits per heavy atom. The van der Waals surface area contributed by atoms with Crippen LogP contribution in [0.25, 0.3) is 0 Å². The number of carbonyl (C=O) groups is 2. The molecule has 3 rings (SSSR count). The first kappa shape index (κ1) is 19.9. The molecule has 2 N–H and O–H groups in total. The van der Waals surface area contributed by atoms with Gasteiger partial charge in [0, 0.05) is 6.07 Å². The number of phenolic OH excluding ortho intramolecular Hbond substituents is 1. The first-order chi connectivity index (χ1) is 13.2. The van der Waals surface area contributed by atoms with E-state index in [4.69, 9.17) is 4.74 Å². The fourth-order valence-corrected chi connectivity index (χ4v) is 4.76. The molecular weight excluding hydrogens is 386 g/mol. The van der Waals surface area contributed by atoms with E-state index in [0.717, 1.165) is 0 Å². The minimum absolute atomic E-state index is 0.0233. The predicted octanol–water partition coefficient (Wildman–Crippen LogP) is 1.36. The van der Waals surface area contributed by atoms with Crippen molar-refractivity contribution >= 4 is 27.5 Å². The van der Waals surface area contributed by atoms with Crippen molar-refractivity contribution in [1.82, 2.24) is 9.78 Å². The van der Waals surface area contributed by atoms with Crippen LogP contribution in [-0.2, 0) is 19.4 Å². The molecule has 1 saturated heterocycles. The van der Waals surface area contributed by atoms with Crippen LogP contribution in [0.2, 0.25) is 0 Å². The number of anilines is 1. The van der Waals surface area contributed by atoms with Gasteiger partial charge in [-0.15, -0.1) is 0 Å². The van der Waals surface area contributed by atoms with Crippen LogP contribution in [-0.4, -0.2) is 53.3 Å². The van der Waals surface area contributed by atoms with Crippen LogP contribution in [0.1, 0.15) is 34.1 Å². The van der Waals surface area contributed by atoms with E-state index >= 15 is 0 Å². The number of nitrogens with zero attached hydrogens (tertiary/aromatic N) is 2. The Bertz CT molecular complexity index is 1030. The maximum atomic E-state index is 12.2. The zero-order valence-corrected chi connectivity index (χ0v) is 16.3. The molecule has 2 aromatic rings. The number of aromatic hydroxyl groups is 1.